The van der Waals surface area contributed by atoms with Gasteiger partial charge in [0.25, 0.3) is 0 Å². The van der Waals surface area contributed by atoms with Crippen molar-refractivity contribution in [2.75, 3.05) is 12.0 Å². The normalized spacial score (nSPS) is 15.3. The second kappa shape index (κ2) is 6.24. The summed E-state index contributed by atoms with van der Waals surface area (Å²) in [5.41, 5.74) is 0. The second-order valence-electron chi connectivity index (χ2n) is 5.39. The Morgan fingerprint density at radius 3 is 2.60 bits per heavy atom. The number of nitrogens with one attached hydrogen (secondary N) is 1. The van der Waals surface area contributed by atoms with Crippen molar-refractivity contribution in [1.82, 2.24) is 5.32 Å². The largest absolute Gasteiger partial charge is 0.307 e. The van der Waals surface area contributed by atoms with E-state index < -0.39 is 9.84 Å². The van der Waals surface area contributed by atoms with Crippen molar-refractivity contribution in [2.45, 2.75) is 32.4 Å². The molecule has 0 saturated heterocycles. The van der Waals surface area contributed by atoms with E-state index in [2.05, 4.69) is 36.5 Å². The van der Waals surface area contributed by atoms with Crippen molar-refractivity contribution in [2.24, 2.45) is 0 Å². The molecule has 2 unspecified atom stereocenters. The second-order valence-corrected chi connectivity index (χ2v) is 8.77. The van der Waals surface area contributed by atoms with Gasteiger partial charge < -0.3 is 5.32 Å². The summed E-state index contributed by atoms with van der Waals surface area (Å²) in [5.74, 6) is 0.236. The van der Waals surface area contributed by atoms with E-state index in [9.17, 15) is 8.42 Å². The van der Waals surface area contributed by atoms with Crippen LogP contribution >= 0.6 is 11.3 Å². The maximum absolute atomic E-state index is 11.2. The van der Waals surface area contributed by atoms with E-state index >= 15 is 0 Å². The minimum atomic E-state index is -2.88. The molecule has 0 radical (unpaired) electrons. The van der Waals surface area contributed by atoms with Crippen LogP contribution in [0.3, 0.4) is 0 Å². The lowest BCUT2D eigenvalue weighted by Crippen LogP contribution is -2.30. The van der Waals surface area contributed by atoms with E-state index in [0.717, 1.165) is 0 Å². The molecule has 0 amide bonds. The number of hydrogen-bond donors (Lipinski definition) is 1. The number of hydrogen-bond acceptors (Lipinski definition) is 4. The first-order chi connectivity index (χ1) is 9.35. The molecule has 0 aliphatic carbocycles. The van der Waals surface area contributed by atoms with Crippen LogP contribution < -0.4 is 5.32 Å². The van der Waals surface area contributed by atoms with Gasteiger partial charge in [0.05, 0.1) is 5.75 Å². The minimum absolute atomic E-state index is 0.185. The highest BCUT2D eigenvalue weighted by Crippen LogP contribution is 2.29. The van der Waals surface area contributed by atoms with Gasteiger partial charge in [0.15, 0.2) is 0 Å². The van der Waals surface area contributed by atoms with E-state index in [4.69, 9.17) is 0 Å². The molecule has 2 aromatic rings. The zero-order valence-electron chi connectivity index (χ0n) is 12.1. The molecule has 0 saturated carbocycles. The van der Waals surface area contributed by atoms with Crippen molar-refractivity contribution in [3.05, 3.63) is 35.2 Å². The Labute approximate surface area is 124 Å². The third-order valence-corrected chi connectivity index (χ3v) is 5.60. The average Bonchev–Trinajstić information content (AvgIpc) is 2.79. The summed E-state index contributed by atoms with van der Waals surface area (Å²) >= 11 is 1.79. The molecule has 5 heteroatoms. The first-order valence-corrected chi connectivity index (χ1v) is 9.65. The van der Waals surface area contributed by atoms with Gasteiger partial charge in [-0.3, -0.25) is 0 Å². The Bertz CT molecular complexity index is 643. The fourth-order valence-electron chi connectivity index (χ4n) is 2.20. The Kier molecular flexibility index (Phi) is 4.83. The first kappa shape index (κ1) is 15.5. The van der Waals surface area contributed by atoms with Crippen LogP contribution in [0.5, 0.6) is 0 Å². The fourth-order valence-corrected chi connectivity index (χ4v) is 4.06. The van der Waals surface area contributed by atoms with Gasteiger partial charge in [-0.1, -0.05) is 18.2 Å². The van der Waals surface area contributed by atoms with Crippen molar-refractivity contribution >= 4 is 31.3 Å². The van der Waals surface area contributed by atoms with Crippen molar-refractivity contribution in [3.63, 3.8) is 0 Å². The van der Waals surface area contributed by atoms with Gasteiger partial charge in [0.2, 0.25) is 0 Å². The third-order valence-electron chi connectivity index (χ3n) is 3.33. The molecule has 2 atom stereocenters. The molecule has 0 aliphatic heterocycles. The number of benzene rings is 1. The predicted octanol–water partition coefficient (Wildman–Crippen LogP) is 3.38. The highest BCUT2D eigenvalue weighted by molar-refractivity contribution is 7.90. The summed E-state index contributed by atoms with van der Waals surface area (Å²) in [5, 5.41) is 4.74. The lowest BCUT2D eigenvalue weighted by molar-refractivity contribution is 0.472. The van der Waals surface area contributed by atoms with Crippen molar-refractivity contribution < 1.29 is 8.42 Å². The van der Waals surface area contributed by atoms with E-state index in [1.165, 1.54) is 21.2 Å². The van der Waals surface area contributed by atoms with Gasteiger partial charge in [-0.2, -0.15) is 0 Å². The monoisotopic (exact) mass is 311 g/mol. The van der Waals surface area contributed by atoms with Crippen molar-refractivity contribution in [1.29, 1.82) is 0 Å². The summed E-state index contributed by atoms with van der Waals surface area (Å²) < 4.78 is 23.7. The molecule has 1 N–H and O–H groups in total. The zero-order valence-corrected chi connectivity index (χ0v) is 13.7. The van der Waals surface area contributed by atoms with Crippen LogP contribution in [0.25, 0.3) is 10.1 Å². The molecule has 0 aliphatic rings. The summed E-state index contributed by atoms with van der Waals surface area (Å²) in [6, 6.07) is 11.0. The number of fused-ring (bicyclic) bond motifs is 1. The molecule has 1 aromatic heterocycles. The Hall–Kier alpha value is -0.910. The van der Waals surface area contributed by atoms with Crippen LogP contribution in [0.2, 0.25) is 0 Å². The molecule has 110 valence electrons. The molecule has 0 spiro atoms. The Morgan fingerprint density at radius 1 is 1.25 bits per heavy atom. The third kappa shape index (κ3) is 4.30. The number of thiophene rings is 1. The van der Waals surface area contributed by atoms with Gasteiger partial charge in [-0.15, -0.1) is 11.3 Å². The molecule has 0 bridgehead atoms. The van der Waals surface area contributed by atoms with Crippen LogP contribution in [-0.4, -0.2) is 26.5 Å². The van der Waals surface area contributed by atoms with E-state index in [1.807, 2.05) is 13.0 Å². The molecular weight excluding hydrogens is 290 g/mol. The lowest BCUT2D eigenvalue weighted by atomic mass is 10.2. The smallest absolute Gasteiger partial charge is 0.147 e. The molecule has 20 heavy (non-hydrogen) atoms. The molecule has 3 nitrogen and oxygen atoms in total. The predicted molar refractivity (Wildman–Crippen MR) is 87.2 cm³/mol. The van der Waals surface area contributed by atoms with Crippen LogP contribution in [0.15, 0.2) is 30.3 Å². The zero-order chi connectivity index (χ0) is 14.8. The average molecular weight is 311 g/mol. The van der Waals surface area contributed by atoms with Crippen molar-refractivity contribution in [3.8, 4) is 0 Å². The number of sulfone groups is 1. The molecule has 2 rings (SSSR count). The van der Waals surface area contributed by atoms with Gasteiger partial charge >= 0.3 is 0 Å². The van der Waals surface area contributed by atoms with E-state index in [0.29, 0.717) is 6.42 Å². The summed E-state index contributed by atoms with van der Waals surface area (Å²) in [7, 11) is -2.88. The molecule has 1 heterocycles. The van der Waals surface area contributed by atoms with Crippen LogP contribution in [-0.2, 0) is 9.84 Å². The highest BCUT2D eigenvalue weighted by atomic mass is 32.2. The van der Waals surface area contributed by atoms with E-state index in [1.54, 1.807) is 11.3 Å². The minimum Gasteiger partial charge on any atom is -0.307 e. The summed E-state index contributed by atoms with van der Waals surface area (Å²) in [4.78, 5) is 1.29. The SMILES string of the molecule is CC(CCS(C)(=O)=O)NC(C)c1cc2ccccc2s1. The summed E-state index contributed by atoms with van der Waals surface area (Å²) in [6.07, 6.45) is 1.93. The number of rotatable bonds is 6. The maximum atomic E-state index is 11.2. The highest BCUT2D eigenvalue weighted by Gasteiger charge is 2.13. The standard InChI is InChI=1S/C15H21NO2S2/c1-11(8-9-20(3,17)18)16-12(2)15-10-13-6-4-5-7-14(13)19-15/h4-7,10-12,16H,8-9H2,1-3H3. The quantitative estimate of drug-likeness (QED) is 0.889. The van der Waals surface area contributed by atoms with Gasteiger partial charge in [-0.05, 0) is 37.8 Å². The molecular formula is C15H21NO2S2. The van der Waals surface area contributed by atoms with Crippen LogP contribution in [0.1, 0.15) is 31.2 Å². The lowest BCUT2D eigenvalue weighted by Gasteiger charge is -2.18. The molecule has 0 fully saturated rings. The van der Waals surface area contributed by atoms with Gasteiger partial charge in [-0.25, -0.2) is 8.42 Å². The first-order valence-electron chi connectivity index (χ1n) is 6.77. The van der Waals surface area contributed by atoms with Gasteiger partial charge in [0, 0.05) is 27.9 Å². The van der Waals surface area contributed by atoms with Crippen LogP contribution in [0.4, 0.5) is 0 Å². The van der Waals surface area contributed by atoms with E-state index in [-0.39, 0.29) is 17.8 Å². The Balaban J connectivity index is 1.98. The maximum Gasteiger partial charge on any atom is 0.147 e. The van der Waals surface area contributed by atoms with Crippen LogP contribution in [0, 0.1) is 0 Å². The molecule has 1 aromatic carbocycles. The topological polar surface area (TPSA) is 46.2 Å². The summed E-state index contributed by atoms with van der Waals surface area (Å²) in [6.45, 7) is 4.16. The van der Waals surface area contributed by atoms with Gasteiger partial charge in [0.1, 0.15) is 9.84 Å². The fraction of sp³-hybridized carbons (Fsp3) is 0.467. The Morgan fingerprint density at radius 2 is 1.95 bits per heavy atom.